The summed E-state index contributed by atoms with van der Waals surface area (Å²) in [7, 11) is 0. The maximum atomic E-state index is 13.1. The van der Waals surface area contributed by atoms with Gasteiger partial charge in [-0.15, -0.1) is 11.3 Å². The summed E-state index contributed by atoms with van der Waals surface area (Å²) in [5.41, 5.74) is 5.61. The van der Waals surface area contributed by atoms with E-state index >= 15 is 0 Å². The predicted octanol–water partition coefficient (Wildman–Crippen LogP) is 5.69. The van der Waals surface area contributed by atoms with Crippen LogP contribution < -0.4 is 5.32 Å². The lowest BCUT2D eigenvalue weighted by Crippen LogP contribution is -2.57. The van der Waals surface area contributed by atoms with Crippen LogP contribution in [-0.4, -0.2) is 23.0 Å². The Kier molecular flexibility index (Phi) is 5.38. The molecule has 0 radical (unpaired) electrons. The molecule has 1 heterocycles. The Bertz CT molecular complexity index is 1140. The van der Waals surface area contributed by atoms with Crippen LogP contribution in [0.4, 0.5) is 0 Å². The van der Waals surface area contributed by atoms with Crippen molar-refractivity contribution in [2.24, 2.45) is 11.3 Å². The zero-order chi connectivity index (χ0) is 22.3. The number of thiophene rings is 1. The fraction of sp³-hybridized carbons (Fsp3) is 0.333. The second kappa shape index (κ2) is 8.21. The van der Waals surface area contributed by atoms with Crippen molar-refractivity contribution >= 4 is 23.2 Å². The van der Waals surface area contributed by atoms with E-state index in [1.807, 2.05) is 25.1 Å². The molecule has 1 amide bonds. The topological polar surface area (TPSA) is 66.4 Å². The molecule has 0 unspecified atom stereocenters. The molecule has 0 aliphatic heterocycles. The highest BCUT2D eigenvalue weighted by atomic mass is 32.1. The van der Waals surface area contributed by atoms with Gasteiger partial charge in [0.15, 0.2) is 0 Å². The summed E-state index contributed by atoms with van der Waals surface area (Å²) in [5.74, 6) is -0.863. The molecule has 4 nitrogen and oxygen atoms in total. The van der Waals surface area contributed by atoms with Crippen molar-refractivity contribution in [2.45, 2.75) is 45.1 Å². The van der Waals surface area contributed by atoms with E-state index in [1.165, 1.54) is 16.7 Å². The highest BCUT2D eigenvalue weighted by molar-refractivity contribution is 7.10. The molecule has 3 aromatic rings. The SMILES string of the molecule is Cc1scc(Cc2ccc(-c3ccccc3)cc2)c1C(=O)NC1CC2(C1)CC(C(=O)O)C2. The Labute approximate surface area is 192 Å². The molecule has 2 aliphatic rings. The van der Waals surface area contributed by atoms with Gasteiger partial charge in [-0.3, -0.25) is 9.59 Å². The van der Waals surface area contributed by atoms with E-state index in [9.17, 15) is 9.59 Å². The second-order valence-electron chi connectivity index (χ2n) is 9.45. The molecule has 164 valence electrons. The molecular weight excluding hydrogens is 418 g/mol. The fourth-order valence-electron chi connectivity index (χ4n) is 5.44. The molecule has 2 N–H and O–H groups in total. The van der Waals surface area contributed by atoms with E-state index in [0.29, 0.717) is 0 Å². The van der Waals surface area contributed by atoms with Gasteiger partial charge in [0.2, 0.25) is 0 Å². The van der Waals surface area contributed by atoms with E-state index in [4.69, 9.17) is 5.11 Å². The Morgan fingerprint density at radius 2 is 1.66 bits per heavy atom. The number of hydrogen-bond acceptors (Lipinski definition) is 3. The first-order valence-electron chi connectivity index (χ1n) is 11.2. The average Bonchev–Trinajstić information content (AvgIpc) is 3.09. The lowest BCUT2D eigenvalue weighted by atomic mass is 9.50. The van der Waals surface area contributed by atoms with Crippen LogP contribution in [0.2, 0.25) is 0 Å². The molecule has 1 aromatic heterocycles. The van der Waals surface area contributed by atoms with Crippen molar-refractivity contribution < 1.29 is 14.7 Å². The van der Waals surface area contributed by atoms with Crippen molar-refractivity contribution in [3.63, 3.8) is 0 Å². The first-order chi connectivity index (χ1) is 15.4. The van der Waals surface area contributed by atoms with Gasteiger partial charge in [0, 0.05) is 10.9 Å². The maximum absolute atomic E-state index is 13.1. The van der Waals surface area contributed by atoms with E-state index in [2.05, 4.69) is 47.1 Å². The molecule has 0 atom stereocenters. The lowest BCUT2D eigenvalue weighted by Gasteiger charge is -2.56. The first-order valence-corrected chi connectivity index (χ1v) is 12.1. The summed E-state index contributed by atoms with van der Waals surface area (Å²) in [5, 5.41) is 14.4. The molecule has 0 bridgehead atoms. The number of aliphatic carboxylic acids is 1. The van der Waals surface area contributed by atoms with Crippen LogP contribution in [0.5, 0.6) is 0 Å². The van der Waals surface area contributed by atoms with Gasteiger partial charge < -0.3 is 10.4 Å². The zero-order valence-electron chi connectivity index (χ0n) is 18.1. The molecule has 32 heavy (non-hydrogen) atoms. The van der Waals surface area contributed by atoms with Crippen LogP contribution in [0.25, 0.3) is 11.1 Å². The standard InChI is InChI=1S/C27H27NO3S/c1-17-24(25(29)28-23-14-27(15-23)12-22(13-27)26(30)31)21(16-32-17)11-18-7-9-20(10-8-18)19-5-3-2-4-6-19/h2-10,16,22-23H,11-15H2,1H3,(H,28,29)(H,30,31). The largest absolute Gasteiger partial charge is 0.481 e. The Hall–Kier alpha value is -2.92. The van der Waals surface area contributed by atoms with Gasteiger partial charge in [-0.05, 0) is 72.1 Å². The Morgan fingerprint density at radius 3 is 2.31 bits per heavy atom. The molecular formula is C27H27NO3S. The van der Waals surface area contributed by atoms with Gasteiger partial charge in [-0.2, -0.15) is 0 Å². The predicted molar refractivity (Wildman–Crippen MR) is 127 cm³/mol. The minimum Gasteiger partial charge on any atom is -0.481 e. The van der Waals surface area contributed by atoms with Gasteiger partial charge in [-0.25, -0.2) is 0 Å². The molecule has 2 saturated carbocycles. The van der Waals surface area contributed by atoms with Gasteiger partial charge in [0.05, 0.1) is 11.5 Å². The van der Waals surface area contributed by atoms with E-state index < -0.39 is 5.97 Å². The van der Waals surface area contributed by atoms with Gasteiger partial charge >= 0.3 is 5.97 Å². The third-order valence-electron chi connectivity index (χ3n) is 7.14. The minimum absolute atomic E-state index is 0.00798. The summed E-state index contributed by atoms with van der Waals surface area (Å²) in [6.45, 7) is 2.01. The third-order valence-corrected chi connectivity index (χ3v) is 8.10. The number of carbonyl (C=O) groups is 2. The van der Waals surface area contributed by atoms with Gasteiger partial charge in [0.25, 0.3) is 5.91 Å². The molecule has 2 aliphatic carbocycles. The van der Waals surface area contributed by atoms with Crippen LogP contribution in [-0.2, 0) is 11.2 Å². The number of hydrogen-bond donors (Lipinski definition) is 2. The second-order valence-corrected chi connectivity index (χ2v) is 10.5. The van der Waals surface area contributed by atoms with Crippen LogP contribution >= 0.6 is 11.3 Å². The molecule has 5 heteroatoms. The Balaban J connectivity index is 1.22. The molecule has 1 spiro atoms. The summed E-state index contributed by atoms with van der Waals surface area (Å²) in [6, 6.07) is 19.0. The van der Waals surface area contributed by atoms with Gasteiger partial charge in [0.1, 0.15) is 0 Å². The average molecular weight is 446 g/mol. The van der Waals surface area contributed by atoms with Crippen LogP contribution in [0.15, 0.2) is 60.0 Å². The van der Waals surface area contributed by atoms with Crippen molar-refractivity contribution in [3.05, 3.63) is 81.5 Å². The quantitative estimate of drug-likeness (QED) is 0.512. The molecule has 5 rings (SSSR count). The van der Waals surface area contributed by atoms with E-state index in [1.54, 1.807) is 11.3 Å². The van der Waals surface area contributed by atoms with Crippen molar-refractivity contribution in [1.82, 2.24) is 5.32 Å². The minimum atomic E-state index is -0.682. The fourth-order valence-corrected chi connectivity index (χ4v) is 6.31. The summed E-state index contributed by atoms with van der Waals surface area (Å²) >= 11 is 1.62. The number of aryl methyl sites for hydroxylation is 1. The highest BCUT2D eigenvalue weighted by Crippen LogP contribution is 2.58. The van der Waals surface area contributed by atoms with E-state index in [0.717, 1.165) is 48.1 Å². The zero-order valence-corrected chi connectivity index (χ0v) is 19.0. The highest BCUT2D eigenvalue weighted by Gasteiger charge is 2.55. The van der Waals surface area contributed by atoms with Crippen LogP contribution in [0, 0.1) is 18.3 Å². The third kappa shape index (κ3) is 3.97. The Morgan fingerprint density at radius 1 is 1.00 bits per heavy atom. The smallest absolute Gasteiger partial charge is 0.306 e. The number of amides is 1. The molecule has 2 fully saturated rings. The van der Waals surface area contributed by atoms with Crippen LogP contribution in [0.3, 0.4) is 0 Å². The first kappa shape index (κ1) is 21.0. The summed E-state index contributed by atoms with van der Waals surface area (Å²) < 4.78 is 0. The molecule has 2 aromatic carbocycles. The number of nitrogens with one attached hydrogen (secondary N) is 1. The lowest BCUT2D eigenvalue weighted by molar-refractivity contribution is -0.155. The number of carboxylic acids is 1. The molecule has 0 saturated heterocycles. The number of benzene rings is 2. The summed E-state index contributed by atoms with van der Waals surface area (Å²) in [4.78, 5) is 25.2. The normalized spacial score (nSPS) is 23.9. The van der Waals surface area contributed by atoms with Crippen molar-refractivity contribution in [3.8, 4) is 11.1 Å². The summed E-state index contributed by atoms with van der Waals surface area (Å²) in [6.07, 6.45) is 4.06. The van der Waals surface area contributed by atoms with E-state index in [-0.39, 0.29) is 23.3 Å². The van der Waals surface area contributed by atoms with Crippen molar-refractivity contribution in [1.29, 1.82) is 0 Å². The number of rotatable bonds is 6. The number of carboxylic acid groups (broad SMARTS) is 1. The van der Waals surface area contributed by atoms with Crippen LogP contribution in [0.1, 0.15) is 52.0 Å². The van der Waals surface area contributed by atoms with Crippen molar-refractivity contribution in [2.75, 3.05) is 0 Å². The monoisotopic (exact) mass is 445 g/mol. The number of carbonyl (C=O) groups excluding carboxylic acids is 1. The maximum Gasteiger partial charge on any atom is 0.306 e. The van der Waals surface area contributed by atoms with Gasteiger partial charge in [-0.1, -0.05) is 54.6 Å².